The maximum Gasteiger partial charge on any atom is 0.240 e. The maximum atomic E-state index is 11.5. The van der Waals surface area contributed by atoms with Crippen LogP contribution < -0.4 is 22.1 Å². The Kier molecular flexibility index (Phi) is 8.35. The summed E-state index contributed by atoms with van der Waals surface area (Å²) in [5.74, 6) is -0.823. The van der Waals surface area contributed by atoms with Gasteiger partial charge in [0.1, 0.15) is 6.04 Å². The first-order chi connectivity index (χ1) is 8.02. The van der Waals surface area contributed by atoms with E-state index in [1.54, 1.807) is 0 Å². The molecular formula is C11H24N4O2. The number of unbranched alkanes of at least 4 members (excludes halogenated alkanes) is 1. The molecule has 6 heteroatoms. The zero-order valence-corrected chi connectivity index (χ0v) is 10.7. The average Bonchev–Trinajstić information content (AvgIpc) is 2.31. The minimum absolute atomic E-state index is 0.315. The van der Waals surface area contributed by atoms with Gasteiger partial charge < -0.3 is 22.1 Å². The van der Waals surface area contributed by atoms with Gasteiger partial charge in [-0.15, -0.1) is 0 Å². The summed E-state index contributed by atoms with van der Waals surface area (Å²) in [6, 6.07) is -1.19. The van der Waals surface area contributed by atoms with Crippen molar-refractivity contribution in [3.8, 4) is 0 Å². The van der Waals surface area contributed by atoms with Crippen LogP contribution in [0, 0.1) is 0 Å². The van der Waals surface area contributed by atoms with Crippen LogP contribution in [0.4, 0.5) is 0 Å². The normalized spacial score (nSPS) is 14.1. The van der Waals surface area contributed by atoms with Crippen molar-refractivity contribution < 1.29 is 9.59 Å². The molecule has 0 aromatic carbocycles. The number of nitrogens with two attached hydrogens (primary N) is 2. The standard InChI is InChI=1S/C11H24N4O2/c1-3-8(12)11(17)15-9(10(13)16)6-4-5-7-14-2/h8-9,14H,3-7,12H2,1-2H3,(H2,13,16)(H,15,17)/t8-,9?/m0/s1. The molecule has 0 bridgehead atoms. The van der Waals surface area contributed by atoms with E-state index in [-0.39, 0.29) is 5.91 Å². The Morgan fingerprint density at radius 3 is 2.41 bits per heavy atom. The first-order valence-electron chi connectivity index (χ1n) is 6.02. The third kappa shape index (κ3) is 6.91. The largest absolute Gasteiger partial charge is 0.368 e. The quantitative estimate of drug-likeness (QED) is 0.393. The smallest absolute Gasteiger partial charge is 0.240 e. The molecule has 0 rings (SSSR count). The van der Waals surface area contributed by atoms with Crippen LogP contribution in [0.15, 0.2) is 0 Å². The summed E-state index contributed by atoms with van der Waals surface area (Å²) in [4.78, 5) is 22.7. The van der Waals surface area contributed by atoms with Crippen LogP contribution in [0.5, 0.6) is 0 Å². The van der Waals surface area contributed by atoms with Crippen molar-refractivity contribution in [3.05, 3.63) is 0 Å². The van der Waals surface area contributed by atoms with E-state index in [1.807, 2.05) is 14.0 Å². The van der Waals surface area contributed by atoms with Crippen LogP contribution in [0.2, 0.25) is 0 Å². The number of primary amides is 1. The molecule has 0 saturated carbocycles. The lowest BCUT2D eigenvalue weighted by atomic mass is 10.1. The number of hydrogen-bond donors (Lipinski definition) is 4. The number of carbonyl (C=O) groups is 2. The van der Waals surface area contributed by atoms with E-state index in [0.29, 0.717) is 12.8 Å². The minimum Gasteiger partial charge on any atom is -0.368 e. The molecule has 0 spiro atoms. The molecule has 1 unspecified atom stereocenters. The van der Waals surface area contributed by atoms with E-state index in [9.17, 15) is 9.59 Å². The Morgan fingerprint density at radius 1 is 1.29 bits per heavy atom. The van der Waals surface area contributed by atoms with Crippen molar-refractivity contribution in [1.29, 1.82) is 0 Å². The highest BCUT2D eigenvalue weighted by Gasteiger charge is 2.20. The van der Waals surface area contributed by atoms with Gasteiger partial charge in [0.25, 0.3) is 0 Å². The van der Waals surface area contributed by atoms with Crippen molar-refractivity contribution in [2.24, 2.45) is 11.5 Å². The van der Waals surface area contributed by atoms with Gasteiger partial charge in [0.2, 0.25) is 11.8 Å². The Balaban J connectivity index is 4.07. The number of nitrogens with one attached hydrogen (secondary N) is 2. The van der Waals surface area contributed by atoms with E-state index in [2.05, 4.69) is 10.6 Å². The van der Waals surface area contributed by atoms with E-state index in [4.69, 9.17) is 11.5 Å². The van der Waals surface area contributed by atoms with Crippen LogP contribution in [0.3, 0.4) is 0 Å². The summed E-state index contributed by atoms with van der Waals surface area (Å²) >= 11 is 0. The topological polar surface area (TPSA) is 110 Å². The van der Waals surface area contributed by atoms with Crippen LogP contribution in [0.1, 0.15) is 32.6 Å². The Morgan fingerprint density at radius 2 is 1.94 bits per heavy atom. The second kappa shape index (κ2) is 8.95. The second-order valence-corrected chi connectivity index (χ2v) is 4.08. The summed E-state index contributed by atoms with van der Waals surface area (Å²) < 4.78 is 0. The van der Waals surface area contributed by atoms with Gasteiger partial charge in [0.05, 0.1) is 6.04 Å². The SMILES string of the molecule is CC[C@H](N)C(=O)NC(CCCCNC)C(N)=O. The third-order valence-corrected chi connectivity index (χ3v) is 2.61. The van der Waals surface area contributed by atoms with E-state index in [0.717, 1.165) is 19.4 Å². The van der Waals surface area contributed by atoms with Crippen molar-refractivity contribution in [2.45, 2.75) is 44.7 Å². The van der Waals surface area contributed by atoms with E-state index >= 15 is 0 Å². The predicted molar refractivity (Wildman–Crippen MR) is 67.2 cm³/mol. The van der Waals surface area contributed by atoms with Crippen molar-refractivity contribution in [2.75, 3.05) is 13.6 Å². The molecule has 0 aromatic rings. The summed E-state index contributed by atoms with van der Waals surface area (Å²) in [6.45, 7) is 2.70. The lowest BCUT2D eigenvalue weighted by Crippen LogP contribution is -2.50. The van der Waals surface area contributed by atoms with Gasteiger partial charge in [0.15, 0.2) is 0 Å². The molecule has 2 atom stereocenters. The molecule has 0 heterocycles. The summed E-state index contributed by atoms with van der Waals surface area (Å²) in [5, 5.41) is 5.60. The molecule has 0 aromatic heterocycles. The van der Waals surface area contributed by atoms with Gasteiger partial charge in [-0.05, 0) is 39.3 Å². The fraction of sp³-hybridized carbons (Fsp3) is 0.818. The van der Waals surface area contributed by atoms with Gasteiger partial charge in [-0.1, -0.05) is 6.92 Å². The average molecular weight is 244 g/mol. The van der Waals surface area contributed by atoms with E-state index in [1.165, 1.54) is 0 Å². The molecule has 2 amide bonds. The lowest BCUT2D eigenvalue weighted by Gasteiger charge is -2.17. The summed E-state index contributed by atoms with van der Waals surface area (Å²) in [6.07, 6.45) is 2.86. The lowest BCUT2D eigenvalue weighted by molar-refractivity contribution is -0.128. The molecule has 0 aliphatic heterocycles. The molecule has 6 nitrogen and oxygen atoms in total. The van der Waals surface area contributed by atoms with Gasteiger partial charge >= 0.3 is 0 Å². The summed E-state index contributed by atoms with van der Waals surface area (Å²) in [5.41, 5.74) is 10.8. The highest BCUT2D eigenvalue weighted by atomic mass is 16.2. The zero-order valence-electron chi connectivity index (χ0n) is 10.7. The van der Waals surface area contributed by atoms with Crippen molar-refractivity contribution in [3.63, 3.8) is 0 Å². The van der Waals surface area contributed by atoms with Gasteiger partial charge in [-0.25, -0.2) is 0 Å². The molecule has 6 N–H and O–H groups in total. The number of carbonyl (C=O) groups excluding carboxylic acids is 2. The van der Waals surface area contributed by atoms with Crippen LogP contribution in [-0.2, 0) is 9.59 Å². The zero-order chi connectivity index (χ0) is 13.3. The number of rotatable bonds is 9. The molecule has 17 heavy (non-hydrogen) atoms. The third-order valence-electron chi connectivity index (χ3n) is 2.61. The van der Waals surface area contributed by atoms with Crippen LogP contribution in [0.25, 0.3) is 0 Å². The number of hydrogen-bond acceptors (Lipinski definition) is 4. The predicted octanol–water partition coefficient (Wildman–Crippen LogP) is -0.916. The number of amides is 2. The molecule has 100 valence electrons. The molecule has 0 radical (unpaired) electrons. The Hall–Kier alpha value is -1.14. The molecule has 0 aliphatic carbocycles. The first-order valence-corrected chi connectivity index (χ1v) is 6.02. The van der Waals surface area contributed by atoms with Crippen molar-refractivity contribution >= 4 is 11.8 Å². The fourth-order valence-corrected chi connectivity index (χ4v) is 1.40. The monoisotopic (exact) mass is 244 g/mol. The Bertz CT molecular complexity index is 246. The van der Waals surface area contributed by atoms with Crippen LogP contribution >= 0.6 is 0 Å². The van der Waals surface area contributed by atoms with Gasteiger partial charge in [-0.2, -0.15) is 0 Å². The fourth-order valence-electron chi connectivity index (χ4n) is 1.40. The van der Waals surface area contributed by atoms with Gasteiger partial charge in [-0.3, -0.25) is 9.59 Å². The highest BCUT2D eigenvalue weighted by Crippen LogP contribution is 2.01. The van der Waals surface area contributed by atoms with Crippen molar-refractivity contribution in [1.82, 2.24) is 10.6 Å². The van der Waals surface area contributed by atoms with Crippen LogP contribution in [-0.4, -0.2) is 37.5 Å². The maximum absolute atomic E-state index is 11.5. The molecular weight excluding hydrogens is 220 g/mol. The summed E-state index contributed by atoms with van der Waals surface area (Å²) in [7, 11) is 1.87. The van der Waals surface area contributed by atoms with E-state index < -0.39 is 18.0 Å². The highest BCUT2D eigenvalue weighted by molar-refractivity contribution is 5.88. The minimum atomic E-state index is -0.614. The van der Waals surface area contributed by atoms with Gasteiger partial charge in [0, 0.05) is 0 Å². The Labute approximate surface area is 102 Å². The first kappa shape index (κ1) is 15.9. The molecule has 0 fully saturated rings. The molecule has 0 aliphatic rings. The second-order valence-electron chi connectivity index (χ2n) is 4.08. The molecule has 0 saturated heterocycles.